The van der Waals surface area contributed by atoms with Crippen molar-refractivity contribution in [1.29, 1.82) is 0 Å². The number of ether oxygens (including phenoxy) is 2. The number of hydrogen-bond acceptors (Lipinski definition) is 4. The van der Waals surface area contributed by atoms with Gasteiger partial charge in [-0.2, -0.15) is 0 Å². The van der Waals surface area contributed by atoms with Crippen molar-refractivity contribution in [3.8, 4) is 17.2 Å². The Balaban J connectivity index is 1.38. The Morgan fingerprint density at radius 1 is 0.964 bits per heavy atom. The van der Waals surface area contributed by atoms with E-state index in [4.69, 9.17) is 9.47 Å². The van der Waals surface area contributed by atoms with Gasteiger partial charge in [0.25, 0.3) is 0 Å². The third-order valence-electron chi connectivity index (χ3n) is 3.87. The first-order valence-electron chi connectivity index (χ1n) is 9.11. The lowest BCUT2D eigenvalue weighted by Crippen LogP contribution is -2.30. The first kappa shape index (κ1) is 19.2. The van der Waals surface area contributed by atoms with Crippen molar-refractivity contribution < 1.29 is 14.3 Å². The van der Waals surface area contributed by atoms with Crippen molar-refractivity contribution in [2.45, 2.75) is 13.3 Å². The van der Waals surface area contributed by atoms with Gasteiger partial charge in [-0.3, -0.25) is 4.98 Å². The number of aryl methyl sites for hydroxylation is 1. The molecular formula is C22H23N3O3. The summed E-state index contributed by atoms with van der Waals surface area (Å²) in [7, 11) is 0. The average Bonchev–Trinajstić information content (AvgIpc) is 2.70. The molecular weight excluding hydrogens is 354 g/mol. The van der Waals surface area contributed by atoms with Gasteiger partial charge in [0.05, 0.1) is 6.61 Å². The van der Waals surface area contributed by atoms with Gasteiger partial charge in [0.15, 0.2) is 0 Å². The van der Waals surface area contributed by atoms with Gasteiger partial charge in [-0.25, -0.2) is 4.79 Å². The highest BCUT2D eigenvalue weighted by Crippen LogP contribution is 2.23. The lowest BCUT2D eigenvalue weighted by atomic mass is 10.2. The molecule has 0 aliphatic rings. The molecule has 0 aliphatic carbocycles. The number of rotatable bonds is 8. The predicted octanol–water partition coefficient (Wildman–Crippen LogP) is 4.77. The van der Waals surface area contributed by atoms with Crippen LogP contribution in [0.15, 0.2) is 73.1 Å². The van der Waals surface area contributed by atoms with Crippen LogP contribution in [0.4, 0.5) is 10.5 Å². The van der Waals surface area contributed by atoms with E-state index in [1.165, 1.54) is 5.56 Å². The van der Waals surface area contributed by atoms with Crippen LogP contribution in [0.1, 0.15) is 12.0 Å². The standard InChI is InChI=1S/C22H23N3O3/c1-17-6-8-19(9-7-17)27-15-3-12-24-22(26)25-18-4-2-5-21(16-18)28-20-10-13-23-14-11-20/h2,4-11,13-14,16H,3,12,15H2,1H3,(H2,24,25,26). The van der Waals surface area contributed by atoms with Gasteiger partial charge in [0, 0.05) is 30.7 Å². The maximum atomic E-state index is 12.0. The highest BCUT2D eigenvalue weighted by Gasteiger charge is 2.03. The number of carbonyl (C=O) groups excluding carboxylic acids is 1. The molecule has 0 bridgehead atoms. The highest BCUT2D eigenvalue weighted by molar-refractivity contribution is 5.89. The molecule has 0 saturated carbocycles. The van der Waals surface area contributed by atoms with Gasteiger partial charge in [0.1, 0.15) is 17.2 Å². The van der Waals surface area contributed by atoms with E-state index in [0.29, 0.717) is 36.8 Å². The molecule has 3 rings (SSSR count). The highest BCUT2D eigenvalue weighted by atomic mass is 16.5. The quantitative estimate of drug-likeness (QED) is 0.555. The molecule has 6 heteroatoms. The summed E-state index contributed by atoms with van der Waals surface area (Å²) in [5.74, 6) is 2.15. The number of nitrogens with one attached hydrogen (secondary N) is 2. The molecule has 0 aliphatic heterocycles. The van der Waals surface area contributed by atoms with Gasteiger partial charge in [0.2, 0.25) is 0 Å². The molecule has 2 aromatic carbocycles. The van der Waals surface area contributed by atoms with E-state index in [0.717, 1.165) is 5.75 Å². The minimum absolute atomic E-state index is 0.267. The summed E-state index contributed by atoms with van der Waals surface area (Å²) in [4.78, 5) is 16.0. The van der Waals surface area contributed by atoms with E-state index in [9.17, 15) is 4.79 Å². The van der Waals surface area contributed by atoms with Crippen molar-refractivity contribution in [3.63, 3.8) is 0 Å². The summed E-state index contributed by atoms with van der Waals surface area (Å²) in [5, 5.41) is 5.62. The summed E-state index contributed by atoms with van der Waals surface area (Å²) in [6.45, 7) is 3.09. The minimum atomic E-state index is -0.267. The molecule has 0 saturated heterocycles. The Hall–Kier alpha value is -3.54. The number of pyridine rings is 1. The second-order valence-corrected chi connectivity index (χ2v) is 6.21. The fraction of sp³-hybridized carbons (Fsp3) is 0.182. The zero-order valence-electron chi connectivity index (χ0n) is 15.7. The Bertz CT molecular complexity index is 883. The lowest BCUT2D eigenvalue weighted by Gasteiger charge is -2.10. The zero-order valence-corrected chi connectivity index (χ0v) is 15.7. The Morgan fingerprint density at radius 3 is 2.54 bits per heavy atom. The molecule has 3 aromatic rings. The van der Waals surface area contributed by atoms with Gasteiger partial charge in [-0.15, -0.1) is 0 Å². The summed E-state index contributed by atoms with van der Waals surface area (Å²) in [6.07, 6.45) is 4.04. The molecule has 6 nitrogen and oxygen atoms in total. The van der Waals surface area contributed by atoms with Crippen LogP contribution in [0.2, 0.25) is 0 Å². The van der Waals surface area contributed by atoms with E-state index in [1.54, 1.807) is 36.7 Å². The van der Waals surface area contributed by atoms with Crippen LogP contribution in [0, 0.1) is 6.92 Å². The van der Waals surface area contributed by atoms with Crippen LogP contribution in [-0.4, -0.2) is 24.2 Å². The number of anilines is 1. The first-order valence-corrected chi connectivity index (χ1v) is 9.11. The normalized spacial score (nSPS) is 10.2. The molecule has 0 radical (unpaired) electrons. The van der Waals surface area contributed by atoms with Gasteiger partial charge < -0.3 is 20.1 Å². The molecule has 0 spiro atoms. The largest absolute Gasteiger partial charge is 0.494 e. The van der Waals surface area contributed by atoms with Crippen LogP contribution in [0.5, 0.6) is 17.2 Å². The summed E-state index contributed by atoms with van der Waals surface area (Å²) in [5.41, 5.74) is 1.85. The van der Waals surface area contributed by atoms with Crippen molar-refractivity contribution >= 4 is 11.7 Å². The number of hydrogen-bond donors (Lipinski definition) is 2. The third-order valence-corrected chi connectivity index (χ3v) is 3.87. The minimum Gasteiger partial charge on any atom is -0.494 e. The number of aromatic nitrogens is 1. The van der Waals surface area contributed by atoms with Crippen molar-refractivity contribution in [3.05, 3.63) is 78.6 Å². The molecule has 1 aromatic heterocycles. The summed E-state index contributed by atoms with van der Waals surface area (Å²) in [6, 6.07) is 18.4. The van der Waals surface area contributed by atoms with Crippen molar-refractivity contribution in [2.75, 3.05) is 18.5 Å². The lowest BCUT2D eigenvalue weighted by molar-refractivity contribution is 0.250. The topological polar surface area (TPSA) is 72.5 Å². The van der Waals surface area contributed by atoms with Crippen LogP contribution in [0.25, 0.3) is 0 Å². The van der Waals surface area contributed by atoms with E-state index >= 15 is 0 Å². The maximum Gasteiger partial charge on any atom is 0.319 e. The Labute approximate surface area is 164 Å². The molecule has 0 atom stereocenters. The Morgan fingerprint density at radius 2 is 1.75 bits per heavy atom. The molecule has 1 heterocycles. The zero-order chi connectivity index (χ0) is 19.6. The van der Waals surface area contributed by atoms with Gasteiger partial charge >= 0.3 is 6.03 Å². The second kappa shape index (κ2) is 9.97. The van der Waals surface area contributed by atoms with Gasteiger partial charge in [-0.05, 0) is 49.7 Å². The molecule has 0 fully saturated rings. The number of carbonyl (C=O) groups is 1. The van der Waals surface area contributed by atoms with Crippen LogP contribution in [0.3, 0.4) is 0 Å². The number of urea groups is 1. The summed E-state index contributed by atoms with van der Waals surface area (Å²) < 4.78 is 11.4. The number of nitrogens with zero attached hydrogens (tertiary/aromatic N) is 1. The molecule has 2 N–H and O–H groups in total. The van der Waals surface area contributed by atoms with Crippen LogP contribution in [-0.2, 0) is 0 Å². The first-order chi connectivity index (χ1) is 13.7. The smallest absolute Gasteiger partial charge is 0.319 e. The fourth-order valence-electron chi connectivity index (χ4n) is 2.45. The van der Waals surface area contributed by atoms with E-state index in [-0.39, 0.29) is 6.03 Å². The summed E-state index contributed by atoms with van der Waals surface area (Å²) >= 11 is 0. The second-order valence-electron chi connectivity index (χ2n) is 6.21. The molecule has 2 amide bonds. The van der Waals surface area contributed by atoms with E-state index < -0.39 is 0 Å². The predicted molar refractivity (Wildman–Crippen MR) is 109 cm³/mol. The number of benzene rings is 2. The van der Waals surface area contributed by atoms with Crippen molar-refractivity contribution in [2.24, 2.45) is 0 Å². The van der Waals surface area contributed by atoms with Gasteiger partial charge in [-0.1, -0.05) is 23.8 Å². The third kappa shape index (κ3) is 6.32. The van der Waals surface area contributed by atoms with Crippen LogP contribution >= 0.6 is 0 Å². The SMILES string of the molecule is Cc1ccc(OCCCNC(=O)Nc2cccc(Oc3ccncc3)c2)cc1. The number of amides is 2. The van der Waals surface area contributed by atoms with Crippen LogP contribution < -0.4 is 20.1 Å². The average molecular weight is 377 g/mol. The maximum absolute atomic E-state index is 12.0. The monoisotopic (exact) mass is 377 g/mol. The van der Waals surface area contributed by atoms with Crippen molar-refractivity contribution in [1.82, 2.24) is 10.3 Å². The van der Waals surface area contributed by atoms with E-state index in [2.05, 4.69) is 15.6 Å². The van der Waals surface area contributed by atoms with E-state index in [1.807, 2.05) is 43.3 Å². The molecule has 0 unspecified atom stereocenters. The molecule has 144 valence electrons. The molecule has 28 heavy (non-hydrogen) atoms. The fourth-order valence-corrected chi connectivity index (χ4v) is 2.45. The Kier molecular flexibility index (Phi) is 6.84.